The zero-order valence-electron chi connectivity index (χ0n) is 14.6. The van der Waals surface area contributed by atoms with Crippen LogP contribution in [0.25, 0.3) is 0 Å². The minimum Gasteiger partial charge on any atom is -0.355 e. The normalized spacial score (nSPS) is 10.5. The van der Waals surface area contributed by atoms with Crippen LogP contribution in [0.3, 0.4) is 0 Å². The molecule has 140 valence electrons. The van der Waals surface area contributed by atoms with E-state index < -0.39 is 11.8 Å². The second-order valence-electron chi connectivity index (χ2n) is 5.51. The Balaban J connectivity index is 2.16. The molecule has 2 rings (SSSR count). The van der Waals surface area contributed by atoms with Crippen molar-refractivity contribution < 1.29 is 9.59 Å². The number of rotatable bonds is 6. The van der Waals surface area contributed by atoms with Gasteiger partial charge in [0.05, 0.1) is 6.21 Å². The number of hydrazone groups is 1. The lowest BCUT2D eigenvalue weighted by molar-refractivity contribution is -0.139. The van der Waals surface area contributed by atoms with E-state index in [0.717, 1.165) is 21.4 Å². The van der Waals surface area contributed by atoms with Crippen molar-refractivity contribution in [1.29, 1.82) is 0 Å². The molecule has 3 N–H and O–H groups in total. The molecule has 0 aromatic heterocycles. The number of carbonyl (C=O) groups excluding carboxylic acids is 2. The molecular weight excluding hydrogens is 432 g/mol. The minimum atomic E-state index is -0.858. The average molecular weight is 450 g/mol. The molecule has 2 aromatic rings. The van der Waals surface area contributed by atoms with Gasteiger partial charge in [-0.2, -0.15) is 5.10 Å². The predicted octanol–water partition coefficient (Wildman–Crippen LogP) is 3.91. The topological polar surface area (TPSA) is 82.6 Å². The van der Waals surface area contributed by atoms with Gasteiger partial charge >= 0.3 is 11.8 Å². The second-order valence-corrected chi connectivity index (χ2v) is 6.87. The lowest BCUT2D eigenvalue weighted by Gasteiger charge is -2.13. The van der Waals surface area contributed by atoms with Crippen molar-refractivity contribution >= 4 is 56.9 Å². The van der Waals surface area contributed by atoms with E-state index in [2.05, 4.69) is 43.7 Å². The Kier molecular flexibility index (Phi) is 7.57. The zero-order valence-corrected chi connectivity index (χ0v) is 16.9. The Hall–Kier alpha value is -2.64. The molecule has 6 nitrogen and oxygen atoms in total. The highest BCUT2D eigenvalue weighted by Gasteiger charge is 2.11. The van der Waals surface area contributed by atoms with Gasteiger partial charge in [-0.25, -0.2) is 5.43 Å². The van der Waals surface area contributed by atoms with Crippen LogP contribution in [0.15, 0.2) is 58.6 Å². The smallest absolute Gasteiger partial charge is 0.329 e. The van der Waals surface area contributed by atoms with E-state index in [1.165, 1.54) is 12.3 Å². The molecule has 2 amide bonds. The number of anilines is 2. The summed E-state index contributed by atoms with van der Waals surface area (Å²) in [6.45, 7) is 5.63. The molecule has 0 bridgehead atoms. The van der Waals surface area contributed by atoms with Crippen molar-refractivity contribution in [1.82, 2.24) is 10.7 Å². The summed E-state index contributed by atoms with van der Waals surface area (Å²) in [5.41, 5.74) is 5.54. The van der Waals surface area contributed by atoms with Gasteiger partial charge in [0.25, 0.3) is 0 Å². The standard InChI is InChI=1S/C19H18BrClN4O2/c1-3-8-22-18(26)19(27)25-23-11-13-9-14(20)5-7-16(13)24-17-10-15(21)6-4-12(17)2/h3-7,9-11,24H,1,8H2,2H3,(H,22,26)(H,25,27)/b23-11-. The summed E-state index contributed by atoms with van der Waals surface area (Å²) in [7, 11) is 0. The molecule has 27 heavy (non-hydrogen) atoms. The van der Waals surface area contributed by atoms with Gasteiger partial charge in [-0.1, -0.05) is 39.7 Å². The molecule has 2 aromatic carbocycles. The van der Waals surface area contributed by atoms with Crippen molar-refractivity contribution in [2.75, 3.05) is 11.9 Å². The van der Waals surface area contributed by atoms with Gasteiger partial charge < -0.3 is 10.6 Å². The number of nitrogens with zero attached hydrogens (tertiary/aromatic N) is 1. The van der Waals surface area contributed by atoms with Gasteiger partial charge in [0, 0.05) is 33.0 Å². The van der Waals surface area contributed by atoms with Crippen LogP contribution in [0.4, 0.5) is 11.4 Å². The first-order valence-corrected chi connectivity index (χ1v) is 9.12. The molecule has 0 aliphatic carbocycles. The third-order valence-electron chi connectivity index (χ3n) is 3.47. The van der Waals surface area contributed by atoms with Crippen LogP contribution >= 0.6 is 27.5 Å². The molecule has 0 aliphatic rings. The molecule has 0 saturated carbocycles. The van der Waals surface area contributed by atoms with Crippen LogP contribution in [0.5, 0.6) is 0 Å². The van der Waals surface area contributed by atoms with E-state index in [1.807, 2.05) is 43.3 Å². The summed E-state index contributed by atoms with van der Waals surface area (Å²) in [5, 5.41) is 10.1. The first-order chi connectivity index (χ1) is 12.9. The fourth-order valence-corrected chi connectivity index (χ4v) is 2.64. The Morgan fingerprint density at radius 1 is 1.19 bits per heavy atom. The van der Waals surface area contributed by atoms with Crippen molar-refractivity contribution in [2.45, 2.75) is 6.92 Å². The Bertz CT molecular complexity index is 899. The van der Waals surface area contributed by atoms with E-state index in [4.69, 9.17) is 11.6 Å². The second kappa shape index (κ2) is 9.89. The Morgan fingerprint density at radius 3 is 2.70 bits per heavy atom. The van der Waals surface area contributed by atoms with Crippen LogP contribution in [0.1, 0.15) is 11.1 Å². The molecule has 0 atom stereocenters. The average Bonchev–Trinajstić information content (AvgIpc) is 2.64. The number of hydrogen-bond acceptors (Lipinski definition) is 4. The van der Waals surface area contributed by atoms with Crippen LogP contribution in [-0.2, 0) is 9.59 Å². The Morgan fingerprint density at radius 2 is 1.96 bits per heavy atom. The van der Waals surface area contributed by atoms with E-state index in [9.17, 15) is 9.59 Å². The maximum Gasteiger partial charge on any atom is 0.329 e. The third kappa shape index (κ3) is 6.23. The third-order valence-corrected chi connectivity index (χ3v) is 4.19. The van der Waals surface area contributed by atoms with Crippen molar-refractivity contribution in [3.8, 4) is 0 Å². The van der Waals surface area contributed by atoms with Gasteiger partial charge in [0.1, 0.15) is 0 Å². The summed E-state index contributed by atoms with van der Waals surface area (Å²) in [5.74, 6) is -1.64. The molecule has 0 saturated heterocycles. The molecule has 0 spiro atoms. The van der Waals surface area contributed by atoms with Crippen LogP contribution in [0, 0.1) is 6.92 Å². The highest BCUT2D eigenvalue weighted by Crippen LogP contribution is 2.27. The van der Waals surface area contributed by atoms with E-state index in [1.54, 1.807) is 0 Å². The van der Waals surface area contributed by atoms with Crippen LogP contribution in [0.2, 0.25) is 5.02 Å². The number of aryl methyl sites for hydroxylation is 1. The maximum atomic E-state index is 11.7. The number of carbonyl (C=O) groups is 2. The van der Waals surface area contributed by atoms with E-state index >= 15 is 0 Å². The van der Waals surface area contributed by atoms with Crippen LogP contribution < -0.4 is 16.1 Å². The number of halogens is 2. The molecule has 0 unspecified atom stereocenters. The van der Waals surface area contributed by atoms with Gasteiger partial charge in [0.15, 0.2) is 0 Å². The van der Waals surface area contributed by atoms with Gasteiger partial charge in [0.2, 0.25) is 0 Å². The van der Waals surface area contributed by atoms with Gasteiger partial charge in [-0.3, -0.25) is 9.59 Å². The first kappa shape index (κ1) is 20.7. The SMILES string of the molecule is C=CCNC(=O)C(=O)N/N=C\c1cc(Br)ccc1Nc1cc(Cl)ccc1C. The maximum absolute atomic E-state index is 11.7. The number of nitrogens with one attached hydrogen (secondary N) is 3. The molecule has 8 heteroatoms. The molecule has 0 heterocycles. The summed E-state index contributed by atoms with van der Waals surface area (Å²) >= 11 is 9.48. The molecule has 0 fully saturated rings. The number of hydrogen-bond donors (Lipinski definition) is 3. The summed E-state index contributed by atoms with van der Waals surface area (Å²) in [6.07, 6.45) is 2.93. The Labute approximate surface area is 170 Å². The monoisotopic (exact) mass is 448 g/mol. The highest BCUT2D eigenvalue weighted by molar-refractivity contribution is 9.10. The number of benzene rings is 2. The summed E-state index contributed by atoms with van der Waals surface area (Å²) in [6, 6.07) is 11.1. The molecular formula is C19H18BrClN4O2. The number of amides is 2. The van der Waals surface area contributed by atoms with Gasteiger partial charge in [-0.05, 0) is 42.8 Å². The van der Waals surface area contributed by atoms with Crippen LogP contribution in [-0.4, -0.2) is 24.6 Å². The summed E-state index contributed by atoms with van der Waals surface area (Å²) in [4.78, 5) is 23.2. The first-order valence-electron chi connectivity index (χ1n) is 7.95. The van der Waals surface area contributed by atoms with E-state index in [0.29, 0.717) is 10.6 Å². The molecule has 0 aliphatic heterocycles. The lowest BCUT2D eigenvalue weighted by atomic mass is 10.1. The van der Waals surface area contributed by atoms with Crippen molar-refractivity contribution in [2.24, 2.45) is 5.10 Å². The van der Waals surface area contributed by atoms with Crippen molar-refractivity contribution in [3.05, 3.63) is 69.7 Å². The fraction of sp³-hybridized carbons (Fsp3) is 0.105. The van der Waals surface area contributed by atoms with Crippen molar-refractivity contribution in [3.63, 3.8) is 0 Å². The molecule has 0 radical (unpaired) electrons. The zero-order chi connectivity index (χ0) is 19.8. The van der Waals surface area contributed by atoms with E-state index in [-0.39, 0.29) is 6.54 Å². The quantitative estimate of drug-likeness (QED) is 0.271. The highest BCUT2D eigenvalue weighted by atomic mass is 79.9. The fourth-order valence-electron chi connectivity index (χ4n) is 2.08. The largest absolute Gasteiger partial charge is 0.355 e. The lowest BCUT2D eigenvalue weighted by Crippen LogP contribution is -2.37. The van der Waals surface area contributed by atoms with Gasteiger partial charge in [-0.15, -0.1) is 6.58 Å². The minimum absolute atomic E-state index is 0.203. The summed E-state index contributed by atoms with van der Waals surface area (Å²) < 4.78 is 0.840. The predicted molar refractivity (Wildman–Crippen MR) is 113 cm³/mol.